The monoisotopic (exact) mass is 663 g/mol. The quantitative estimate of drug-likeness (QED) is 0.188. The van der Waals surface area contributed by atoms with Gasteiger partial charge in [0, 0.05) is 38.4 Å². The van der Waals surface area contributed by atoms with E-state index in [2.05, 4.69) is 167 Å². The fourth-order valence-corrected chi connectivity index (χ4v) is 8.01. The summed E-state index contributed by atoms with van der Waals surface area (Å²) in [6, 6.07) is 62.0. The molecular formula is C47H29N5. The number of nitrogens with zero attached hydrogens (tertiary/aromatic N) is 5. The third kappa shape index (κ3) is 4.26. The highest BCUT2D eigenvalue weighted by Crippen LogP contribution is 2.43. The molecule has 3 aromatic heterocycles. The molecule has 0 atom stereocenters. The van der Waals surface area contributed by atoms with Crippen LogP contribution in [0.2, 0.25) is 0 Å². The summed E-state index contributed by atoms with van der Waals surface area (Å²) in [5, 5.41) is 9.45. The van der Waals surface area contributed by atoms with Gasteiger partial charge in [0.2, 0.25) is 5.95 Å². The lowest BCUT2D eigenvalue weighted by molar-refractivity contribution is 0.953. The van der Waals surface area contributed by atoms with Gasteiger partial charge in [0.05, 0.1) is 22.1 Å². The number of aromatic nitrogens is 5. The molecule has 0 amide bonds. The van der Waals surface area contributed by atoms with Crippen LogP contribution in [0.1, 0.15) is 0 Å². The van der Waals surface area contributed by atoms with Gasteiger partial charge in [0.25, 0.3) is 0 Å². The van der Waals surface area contributed by atoms with E-state index < -0.39 is 0 Å². The van der Waals surface area contributed by atoms with Crippen LogP contribution >= 0.6 is 0 Å². The maximum atomic E-state index is 5.32. The van der Waals surface area contributed by atoms with E-state index in [1.54, 1.807) is 0 Å². The summed E-state index contributed by atoms with van der Waals surface area (Å²) >= 11 is 0. The summed E-state index contributed by atoms with van der Waals surface area (Å²) in [4.78, 5) is 15.7. The third-order valence-electron chi connectivity index (χ3n) is 10.3. The first-order valence-electron chi connectivity index (χ1n) is 17.5. The molecule has 8 aromatic carbocycles. The smallest absolute Gasteiger partial charge is 0.238 e. The summed E-state index contributed by atoms with van der Waals surface area (Å²) in [5.74, 6) is 1.83. The van der Waals surface area contributed by atoms with Crippen molar-refractivity contribution in [3.8, 4) is 34.4 Å². The van der Waals surface area contributed by atoms with E-state index in [-0.39, 0.29) is 0 Å². The number of hydrogen-bond donors (Lipinski definition) is 0. The highest BCUT2D eigenvalue weighted by Gasteiger charge is 2.24. The highest BCUT2D eigenvalue weighted by molar-refractivity contribution is 6.28. The molecule has 3 heterocycles. The van der Waals surface area contributed by atoms with Crippen molar-refractivity contribution in [3.63, 3.8) is 0 Å². The largest absolute Gasteiger partial charge is 0.307 e. The fourth-order valence-electron chi connectivity index (χ4n) is 8.01. The Labute approximate surface area is 298 Å². The van der Waals surface area contributed by atoms with Crippen molar-refractivity contribution in [1.82, 2.24) is 24.1 Å². The molecule has 0 aliphatic rings. The molecule has 5 nitrogen and oxygen atoms in total. The lowest BCUT2D eigenvalue weighted by Gasteiger charge is -2.13. The number of fused-ring (bicyclic) bond motifs is 10. The van der Waals surface area contributed by atoms with Crippen molar-refractivity contribution in [3.05, 3.63) is 176 Å². The fraction of sp³-hybridized carbons (Fsp3) is 0. The average Bonchev–Trinajstić information content (AvgIpc) is 3.74. The van der Waals surface area contributed by atoms with Gasteiger partial charge in [0.1, 0.15) is 0 Å². The van der Waals surface area contributed by atoms with Crippen molar-refractivity contribution >= 4 is 65.2 Å². The number of hydrogen-bond acceptors (Lipinski definition) is 3. The van der Waals surface area contributed by atoms with Crippen LogP contribution in [0.4, 0.5) is 0 Å². The lowest BCUT2D eigenvalue weighted by atomic mass is 10.0. The van der Waals surface area contributed by atoms with Gasteiger partial charge in [-0.3, -0.25) is 4.57 Å². The minimum atomic E-state index is 0.574. The number of para-hydroxylation sites is 2. The Morgan fingerprint density at radius 3 is 1.79 bits per heavy atom. The number of rotatable bonds is 4. The van der Waals surface area contributed by atoms with Gasteiger partial charge in [-0.25, -0.2) is 4.98 Å². The van der Waals surface area contributed by atoms with Crippen molar-refractivity contribution in [2.45, 2.75) is 0 Å². The molecule has 11 aromatic rings. The molecule has 0 radical (unpaired) electrons. The van der Waals surface area contributed by atoms with Gasteiger partial charge in [-0.15, -0.1) is 0 Å². The molecule has 0 saturated heterocycles. The van der Waals surface area contributed by atoms with E-state index in [0.717, 1.165) is 55.0 Å². The summed E-state index contributed by atoms with van der Waals surface area (Å²) in [6.45, 7) is 0. The molecule has 52 heavy (non-hydrogen) atoms. The molecule has 0 saturated carbocycles. The zero-order valence-electron chi connectivity index (χ0n) is 28.0. The summed E-state index contributed by atoms with van der Waals surface area (Å²) < 4.78 is 4.67. The summed E-state index contributed by atoms with van der Waals surface area (Å²) in [6.07, 6.45) is 0. The Kier molecular flexibility index (Phi) is 6.18. The van der Waals surface area contributed by atoms with Crippen LogP contribution in [0, 0.1) is 0 Å². The second kappa shape index (κ2) is 11.2. The molecule has 5 heteroatoms. The van der Waals surface area contributed by atoms with E-state index >= 15 is 0 Å². The predicted octanol–water partition coefficient (Wildman–Crippen LogP) is 11.7. The van der Waals surface area contributed by atoms with Crippen molar-refractivity contribution in [2.24, 2.45) is 0 Å². The normalized spacial score (nSPS) is 11.8. The minimum absolute atomic E-state index is 0.574. The first-order valence-corrected chi connectivity index (χ1v) is 17.5. The Morgan fingerprint density at radius 1 is 0.346 bits per heavy atom. The second-order valence-corrected chi connectivity index (χ2v) is 13.3. The second-order valence-electron chi connectivity index (χ2n) is 13.3. The standard InChI is InChI=1S/C47H29N5/c1-3-15-32(16-4-1)45-48-46(34-24-23-30-13-7-8-17-33(30)29-34)50-47(49-45)52-40-22-12-11-21-37(40)38-26-27-39-42-36-20-10-9-14-31(36)25-28-41(42)51(44(39)43(38)52)35-18-5-2-6-19-35/h1-29H. The van der Waals surface area contributed by atoms with Crippen molar-refractivity contribution < 1.29 is 0 Å². The zero-order valence-corrected chi connectivity index (χ0v) is 28.0. The SMILES string of the molecule is c1ccc(-c2nc(-c3ccc4ccccc4c3)nc(-n3c4ccccc4c4ccc5c6c7ccccc7ccc6n(-c6ccccc6)c5c43)n2)cc1. The molecule has 0 aliphatic carbocycles. The maximum Gasteiger partial charge on any atom is 0.238 e. The van der Waals surface area contributed by atoms with E-state index in [1.807, 2.05) is 18.2 Å². The average molecular weight is 664 g/mol. The van der Waals surface area contributed by atoms with Crippen LogP contribution in [0.3, 0.4) is 0 Å². The van der Waals surface area contributed by atoms with Crippen molar-refractivity contribution in [1.29, 1.82) is 0 Å². The first-order chi connectivity index (χ1) is 25.8. The minimum Gasteiger partial charge on any atom is -0.307 e. The molecule has 0 fully saturated rings. The van der Waals surface area contributed by atoms with Gasteiger partial charge in [-0.2, -0.15) is 9.97 Å². The van der Waals surface area contributed by atoms with Crippen molar-refractivity contribution in [2.75, 3.05) is 0 Å². The van der Waals surface area contributed by atoms with E-state index in [1.165, 1.54) is 26.9 Å². The van der Waals surface area contributed by atoms with Gasteiger partial charge < -0.3 is 4.57 Å². The summed E-state index contributed by atoms with van der Waals surface area (Å²) in [7, 11) is 0. The Balaban J connectivity index is 1.32. The molecule has 0 N–H and O–H groups in total. The molecule has 11 rings (SSSR count). The maximum absolute atomic E-state index is 5.32. The Hall–Kier alpha value is -7.11. The topological polar surface area (TPSA) is 48.5 Å². The van der Waals surface area contributed by atoms with E-state index in [9.17, 15) is 0 Å². The molecular weight excluding hydrogens is 635 g/mol. The molecule has 0 aliphatic heterocycles. The van der Waals surface area contributed by atoms with Gasteiger partial charge >= 0.3 is 0 Å². The van der Waals surface area contributed by atoms with Gasteiger partial charge in [-0.05, 0) is 51.9 Å². The van der Waals surface area contributed by atoms with Gasteiger partial charge in [-0.1, -0.05) is 146 Å². The zero-order chi connectivity index (χ0) is 34.2. The van der Waals surface area contributed by atoms with Gasteiger partial charge in [0.15, 0.2) is 11.6 Å². The molecule has 0 spiro atoms. The van der Waals surface area contributed by atoms with E-state index in [0.29, 0.717) is 17.6 Å². The predicted molar refractivity (Wildman–Crippen MR) is 214 cm³/mol. The van der Waals surface area contributed by atoms with Crippen LogP contribution in [0.5, 0.6) is 0 Å². The first kappa shape index (κ1) is 28.7. The Morgan fingerprint density at radius 2 is 0.962 bits per heavy atom. The Bertz CT molecular complexity index is 3180. The lowest BCUT2D eigenvalue weighted by Crippen LogP contribution is -2.07. The van der Waals surface area contributed by atoms with Crippen LogP contribution < -0.4 is 0 Å². The number of benzene rings is 8. The third-order valence-corrected chi connectivity index (χ3v) is 10.3. The van der Waals surface area contributed by atoms with Crippen LogP contribution in [0.25, 0.3) is 99.6 Å². The highest BCUT2D eigenvalue weighted by atomic mass is 15.2. The van der Waals surface area contributed by atoms with E-state index in [4.69, 9.17) is 15.0 Å². The van der Waals surface area contributed by atoms with Crippen LogP contribution in [-0.4, -0.2) is 24.1 Å². The molecule has 0 unspecified atom stereocenters. The molecule has 242 valence electrons. The molecule has 0 bridgehead atoms. The van der Waals surface area contributed by atoms with Crippen LogP contribution in [0.15, 0.2) is 176 Å². The van der Waals surface area contributed by atoms with Crippen LogP contribution in [-0.2, 0) is 0 Å². The summed E-state index contributed by atoms with van der Waals surface area (Å²) in [5.41, 5.74) is 7.33.